The van der Waals surface area contributed by atoms with Gasteiger partial charge >= 0.3 is 0 Å². The van der Waals surface area contributed by atoms with Gasteiger partial charge in [0.1, 0.15) is 5.82 Å². The number of benzene rings is 1. The topological polar surface area (TPSA) is 37.8 Å². The summed E-state index contributed by atoms with van der Waals surface area (Å²) >= 11 is 5.99. The molecule has 1 aliphatic rings. The van der Waals surface area contributed by atoms with Crippen LogP contribution >= 0.6 is 11.6 Å². The summed E-state index contributed by atoms with van der Waals surface area (Å²) in [6, 6.07) is 7.96. The second-order valence-electron chi connectivity index (χ2n) is 5.25. The molecule has 1 saturated carbocycles. The molecule has 18 heavy (non-hydrogen) atoms. The standard InChI is InChI=1S/C14H16ClN3/c1-14(8-4-5-9-14)18-12-10-6-2-3-7-11(10)16-13(15)17-12/h2-3,6-7H,4-5,8-9H2,1H3,(H,16,17,18). The van der Waals surface area contributed by atoms with Crippen molar-refractivity contribution >= 4 is 28.3 Å². The van der Waals surface area contributed by atoms with Crippen molar-refractivity contribution < 1.29 is 0 Å². The molecule has 0 bridgehead atoms. The van der Waals surface area contributed by atoms with Gasteiger partial charge in [-0.2, -0.15) is 0 Å². The predicted molar refractivity (Wildman–Crippen MR) is 75.0 cm³/mol. The van der Waals surface area contributed by atoms with Crippen molar-refractivity contribution in [2.24, 2.45) is 0 Å². The van der Waals surface area contributed by atoms with Gasteiger partial charge in [-0.05, 0) is 43.5 Å². The van der Waals surface area contributed by atoms with E-state index in [1.165, 1.54) is 25.7 Å². The average molecular weight is 262 g/mol. The van der Waals surface area contributed by atoms with Crippen LogP contribution in [0.15, 0.2) is 24.3 Å². The smallest absolute Gasteiger partial charge is 0.224 e. The molecule has 2 aromatic rings. The largest absolute Gasteiger partial charge is 0.364 e. The first-order chi connectivity index (χ1) is 8.66. The third-order valence-corrected chi connectivity index (χ3v) is 3.87. The third-order valence-electron chi connectivity index (χ3n) is 3.70. The van der Waals surface area contributed by atoms with Crippen LogP contribution in [0, 0.1) is 0 Å². The number of halogens is 1. The molecular formula is C14H16ClN3. The Morgan fingerprint density at radius 3 is 2.67 bits per heavy atom. The molecule has 0 unspecified atom stereocenters. The van der Waals surface area contributed by atoms with Crippen molar-refractivity contribution in [3.63, 3.8) is 0 Å². The summed E-state index contributed by atoms with van der Waals surface area (Å²) in [7, 11) is 0. The van der Waals surface area contributed by atoms with Gasteiger partial charge < -0.3 is 5.32 Å². The number of hydrogen-bond acceptors (Lipinski definition) is 3. The maximum Gasteiger partial charge on any atom is 0.224 e. The number of hydrogen-bond donors (Lipinski definition) is 1. The lowest BCUT2D eigenvalue weighted by Gasteiger charge is -2.26. The molecule has 1 aliphatic carbocycles. The van der Waals surface area contributed by atoms with Crippen LogP contribution in [-0.4, -0.2) is 15.5 Å². The van der Waals surface area contributed by atoms with E-state index in [0.29, 0.717) is 5.28 Å². The van der Waals surface area contributed by atoms with Gasteiger partial charge in [0.05, 0.1) is 5.52 Å². The van der Waals surface area contributed by atoms with E-state index in [4.69, 9.17) is 11.6 Å². The molecule has 0 atom stereocenters. The first-order valence-corrected chi connectivity index (χ1v) is 6.75. The normalized spacial score (nSPS) is 18.1. The van der Waals surface area contributed by atoms with Gasteiger partial charge in [0.15, 0.2) is 0 Å². The number of nitrogens with one attached hydrogen (secondary N) is 1. The predicted octanol–water partition coefficient (Wildman–Crippen LogP) is 4.03. The molecule has 0 saturated heterocycles. The Hall–Kier alpha value is -1.35. The lowest BCUT2D eigenvalue weighted by Crippen LogP contribution is -2.31. The lowest BCUT2D eigenvalue weighted by atomic mass is 10.0. The summed E-state index contributed by atoms with van der Waals surface area (Å²) in [6.45, 7) is 2.25. The maximum atomic E-state index is 5.99. The Labute approximate surface area is 112 Å². The highest BCUT2D eigenvalue weighted by molar-refractivity contribution is 6.28. The Morgan fingerprint density at radius 1 is 1.17 bits per heavy atom. The molecule has 0 amide bonds. The van der Waals surface area contributed by atoms with Crippen molar-refractivity contribution in [3.8, 4) is 0 Å². The number of aromatic nitrogens is 2. The van der Waals surface area contributed by atoms with E-state index in [2.05, 4.69) is 22.2 Å². The Balaban J connectivity index is 2.05. The van der Waals surface area contributed by atoms with Gasteiger partial charge in [-0.3, -0.25) is 0 Å². The van der Waals surface area contributed by atoms with E-state index in [-0.39, 0.29) is 5.54 Å². The molecule has 1 N–H and O–H groups in total. The van der Waals surface area contributed by atoms with Crippen molar-refractivity contribution in [2.45, 2.75) is 38.1 Å². The number of nitrogens with zero attached hydrogens (tertiary/aromatic N) is 2. The minimum absolute atomic E-state index is 0.139. The van der Waals surface area contributed by atoms with Crippen molar-refractivity contribution in [3.05, 3.63) is 29.5 Å². The van der Waals surface area contributed by atoms with Crippen LogP contribution < -0.4 is 5.32 Å². The van der Waals surface area contributed by atoms with Gasteiger partial charge in [0.25, 0.3) is 0 Å². The monoisotopic (exact) mass is 261 g/mol. The van der Waals surface area contributed by atoms with Crippen LogP contribution in [0.5, 0.6) is 0 Å². The third kappa shape index (κ3) is 2.15. The van der Waals surface area contributed by atoms with Gasteiger partial charge in [0, 0.05) is 10.9 Å². The molecule has 1 heterocycles. The Kier molecular flexibility index (Phi) is 2.86. The van der Waals surface area contributed by atoms with Gasteiger partial charge in [-0.1, -0.05) is 25.0 Å². The van der Waals surface area contributed by atoms with Crippen molar-refractivity contribution in [1.82, 2.24) is 9.97 Å². The zero-order valence-corrected chi connectivity index (χ0v) is 11.2. The van der Waals surface area contributed by atoms with Crippen LogP contribution in [-0.2, 0) is 0 Å². The van der Waals surface area contributed by atoms with Crippen LogP contribution in [0.2, 0.25) is 5.28 Å². The van der Waals surface area contributed by atoms with E-state index in [0.717, 1.165) is 16.7 Å². The molecule has 3 nitrogen and oxygen atoms in total. The molecule has 1 fully saturated rings. The first kappa shape index (κ1) is 11.7. The fraction of sp³-hybridized carbons (Fsp3) is 0.429. The van der Waals surface area contributed by atoms with E-state index in [1.807, 2.05) is 24.3 Å². The molecule has 1 aromatic carbocycles. The number of rotatable bonds is 2. The summed E-state index contributed by atoms with van der Waals surface area (Å²) in [6.07, 6.45) is 4.92. The van der Waals surface area contributed by atoms with Gasteiger partial charge in [-0.25, -0.2) is 9.97 Å². The highest BCUT2D eigenvalue weighted by Crippen LogP contribution is 2.34. The molecule has 1 aromatic heterocycles. The van der Waals surface area contributed by atoms with E-state index >= 15 is 0 Å². The minimum Gasteiger partial charge on any atom is -0.364 e. The van der Waals surface area contributed by atoms with E-state index in [1.54, 1.807) is 0 Å². The summed E-state index contributed by atoms with van der Waals surface area (Å²) < 4.78 is 0. The Bertz CT molecular complexity index is 576. The molecule has 94 valence electrons. The SMILES string of the molecule is CC1(Nc2nc(Cl)nc3ccccc23)CCCC1. The second kappa shape index (κ2) is 4.39. The highest BCUT2D eigenvalue weighted by atomic mass is 35.5. The average Bonchev–Trinajstić information content (AvgIpc) is 2.75. The summed E-state index contributed by atoms with van der Waals surface area (Å²) in [4.78, 5) is 8.60. The van der Waals surface area contributed by atoms with Crippen LogP contribution in [0.25, 0.3) is 10.9 Å². The lowest BCUT2D eigenvalue weighted by molar-refractivity contribution is 0.531. The van der Waals surface area contributed by atoms with Crippen LogP contribution in [0.3, 0.4) is 0 Å². The van der Waals surface area contributed by atoms with Gasteiger partial charge in [-0.15, -0.1) is 0 Å². The van der Waals surface area contributed by atoms with E-state index < -0.39 is 0 Å². The molecule has 4 heteroatoms. The summed E-state index contributed by atoms with van der Waals surface area (Å²) in [5, 5.41) is 4.91. The molecule has 0 radical (unpaired) electrons. The summed E-state index contributed by atoms with van der Waals surface area (Å²) in [5.74, 6) is 0.856. The first-order valence-electron chi connectivity index (χ1n) is 6.37. The quantitative estimate of drug-likeness (QED) is 0.830. The number of para-hydroxylation sites is 1. The van der Waals surface area contributed by atoms with E-state index in [9.17, 15) is 0 Å². The molecule has 0 aliphatic heterocycles. The fourth-order valence-corrected chi connectivity index (χ4v) is 2.89. The molecular weight excluding hydrogens is 246 g/mol. The zero-order chi connectivity index (χ0) is 12.6. The highest BCUT2D eigenvalue weighted by Gasteiger charge is 2.29. The second-order valence-corrected chi connectivity index (χ2v) is 5.59. The number of anilines is 1. The molecule has 3 rings (SSSR count). The Morgan fingerprint density at radius 2 is 1.89 bits per heavy atom. The zero-order valence-electron chi connectivity index (χ0n) is 10.4. The fourth-order valence-electron chi connectivity index (χ4n) is 2.71. The number of fused-ring (bicyclic) bond motifs is 1. The molecule has 0 spiro atoms. The minimum atomic E-state index is 0.139. The van der Waals surface area contributed by atoms with Crippen LogP contribution in [0.1, 0.15) is 32.6 Å². The maximum absolute atomic E-state index is 5.99. The van der Waals surface area contributed by atoms with Gasteiger partial charge in [0.2, 0.25) is 5.28 Å². The summed E-state index contributed by atoms with van der Waals surface area (Å²) in [5.41, 5.74) is 1.03. The van der Waals surface area contributed by atoms with Crippen molar-refractivity contribution in [2.75, 3.05) is 5.32 Å². The van der Waals surface area contributed by atoms with Crippen molar-refractivity contribution in [1.29, 1.82) is 0 Å². The van der Waals surface area contributed by atoms with Crippen LogP contribution in [0.4, 0.5) is 5.82 Å².